The van der Waals surface area contributed by atoms with Gasteiger partial charge >= 0.3 is 5.97 Å². The molecule has 0 unspecified atom stereocenters. The summed E-state index contributed by atoms with van der Waals surface area (Å²) in [7, 11) is 0. The lowest BCUT2D eigenvalue weighted by molar-refractivity contribution is -0.162. The summed E-state index contributed by atoms with van der Waals surface area (Å²) in [5.41, 5.74) is 1.03. The zero-order chi connectivity index (χ0) is 18.2. The van der Waals surface area contributed by atoms with E-state index in [2.05, 4.69) is 35.2 Å². The summed E-state index contributed by atoms with van der Waals surface area (Å²) in [5.74, 6) is -0.00289. The fraction of sp³-hybridized carbons (Fsp3) is 0.682. The van der Waals surface area contributed by atoms with Crippen molar-refractivity contribution < 1.29 is 14.3 Å². The molecule has 2 aliphatic heterocycles. The van der Waals surface area contributed by atoms with Gasteiger partial charge in [0.15, 0.2) is 0 Å². The Kier molecular flexibility index (Phi) is 7.09. The summed E-state index contributed by atoms with van der Waals surface area (Å²) < 4.78 is 11.4. The lowest BCUT2D eigenvalue weighted by atomic mass is 9.73. The lowest BCUT2D eigenvalue weighted by Crippen LogP contribution is -2.47. The molecule has 4 heteroatoms. The zero-order valence-corrected chi connectivity index (χ0v) is 16.1. The number of carbonyl (C=O) groups is 1. The Bertz CT molecular complexity index is 546. The Morgan fingerprint density at radius 1 is 1.23 bits per heavy atom. The van der Waals surface area contributed by atoms with E-state index in [1.165, 1.54) is 12.0 Å². The van der Waals surface area contributed by atoms with E-state index in [1.807, 2.05) is 6.92 Å². The molecule has 2 fully saturated rings. The lowest BCUT2D eigenvalue weighted by Gasteiger charge is -2.42. The van der Waals surface area contributed by atoms with Crippen molar-refractivity contribution in [3.8, 4) is 0 Å². The molecule has 1 atom stereocenters. The van der Waals surface area contributed by atoms with E-state index in [4.69, 9.17) is 9.47 Å². The average molecular weight is 360 g/mol. The van der Waals surface area contributed by atoms with Crippen LogP contribution in [0.1, 0.15) is 51.0 Å². The summed E-state index contributed by atoms with van der Waals surface area (Å²) in [6.45, 7) is 6.20. The molecule has 1 aromatic carbocycles. The second-order valence-electron chi connectivity index (χ2n) is 7.77. The van der Waals surface area contributed by atoms with Gasteiger partial charge in [-0.1, -0.05) is 30.3 Å². The molecule has 1 aromatic rings. The Morgan fingerprint density at radius 3 is 2.65 bits per heavy atom. The van der Waals surface area contributed by atoms with E-state index < -0.39 is 0 Å². The predicted molar refractivity (Wildman–Crippen MR) is 103 cm³/mol. The Morgan fingerprint density at radius 2 is 2.00 bits per heavy atom. The van der Waals surface area contributed by atoms with Crippen molar-refractivity contribution in [1.82, 2.24) is 4.90 Å². The fourth-order valence-corrected chi connectivity index (χ4v) is 4.32. The number of nitrogens with zero attached hydrogens (tertiary/aromatic N) is 1. The van der Waals surface area contributed by atoms with E-state index in [0.29, 0.717) is 6.61 Å². The highest BCUT2D eigenvalue weighted by molar-refractivity contribution is 5.77. The minimum Gasteiger partial charge on any atom is -0.466 e. The highest BCUT2D eigenvalue weighted by Gasteiger charge is 2.44. The normalized spacial score (nSPS) is 23.5. The van der Waals surface area contributed by atoms with Crippen LogP contribution in [0.2, 0.25) is 0 Å². The molecule has 26 heavy (non-hydrogen) atoms. The summed E-state index contributed by atoms with van der Waals surface area (Å²) >= 11 is 0. The van der Waals surface area contributed by atoms with Gasteiger partial charge in [0, 0.05) is 13.2 Å². The van der Waals surface area contributed by atoms with Gasteiger partial charge in [-0.25, -0.2) is 0 Å². The van der Waals surface area contributed by atoms with Crippen molar-refractivity contribution in [2.45, 2.75) is 58.0 Å². The van der Waals surface area contributed by atoms with Gasteiger partial charge in [0.1, 0.15) is 0 Å². The van der Waals surface area contributed by atoms with E-state index >= 15 is 0 Å². The third-order valence-electron chi connectivity index (χ3n) is 5.97. The first kappa shape index (κ1) is 19.4. The number of esters is 1. The molecule has 0 aliphatic carbocycles. The van der Waals surface area contributed by atoms with Crippen molar-refractivity contribution in [2.75, 3.05) is 32.8 Å². The van der Waals surface area contributed by atoms with Crippen molar-refractivity contribution >= 4 is 5.97 Å². The molecule has 4 nitrogen and oxygen atoms in total. The second-order valence-corrected chi connectivity index (χ2v) is 7.77. The van der Waals surface area contributed by atoms with E-state index in [9.17, 15) is 4.79 Å². The van der Waals surface area contributed by atoms with Crippen LogP contribution in [0.4, 0.5) is 0 Å². The van der Waals surface area contributed by atoms with Crippen molar-refractivity contribution in [2.24, 2.45) is 5.41 Å². The molecule has 144 valence electrons. The quantitative estimate of drug-likeness (QED) is 0.694. The van der Waals surface area contributed by atoms with Crippen LogP contribution in [0.3, 0.4) is 0 Å². The van der Waals surface area contributed by atoms with Gasteiger partial charge in [0.05, 0.1) is 18.1 Å². The Labute approximate surface area is 157 Å². The number of carbonyl (C=O) groups excluding carboxylic acids is 1. The molecule has 0 spiro atoms. The molecule has 0 N–H and O–H groups in total. The summed E-state index contributed by atoms with van der Waals surface area (Å²) in [6.07, 6.45) is 7.35. The van der Waals surface area contributed by atoms with Crippen molar-refractivity contribution in [1.29, 1.82) is 0 Å². The van der Waals surface area contributed by atoms with Crippen molar-refractivity contribution in [3.63, 3.8) is 0 Å². The molecule has 2 aliphatic rings. The maximum Gasteiger partial charge on any atom is 0.312 e. The van der Waals surface area contributed by atoms with Crippen molar-refractivity contribution in [3.05, 3.63) is 35.9 Å². The Balaban J connectivity index is 1.56. The van der Waals surface area contributed by atoms with Gasteiger partial charge in [-0.05, 0) is 70.5 Å². The first-order chi connectivity index (χ1) is 12.7. The summed E-state index contributed by atoms with van der Waals surface area (Å²) in [4.78, 5) is 15.3. The summed E-state index contributed by atoms with van der Waals surface area (Å²) in [6, 6.07) is 10.6. The number of benzene rings is 1. The zero-order valence-electron chi connectivity index (χ0n) is 16.1. The van der Waals surface area contributed by atoms with E-state index in [0.717, 1.165) is 64.8 Å². The van der Waals surface area contributed by atoms with Crippen LogP contribution in [0.5, 0.6) is 0 Å². The van der Waals surface area contributed by atoms with E-state index in [-0.39, 0.29) is 17.5 Å². The minimum atomic E-state index is -0.346. The molecule has 0 radical (unpaired) electrons. The van der Waals surface area contributed by atoms with Crippen LogP contribution in [0.15, 0.2) is 30.3 Å². The monoisotopic (exact) mass is 359 g/mol. The fourth-order valence-electron chi connectivity index (χ4n) is 4.32. The third kappa shape index (κ3) is 5.08. The molecule has 0 amide bonds. The van der Waals surface area contributed by atoms with Gasteiger partial charge < -0.3 is 14.4 Å². The average Bonchev–Trinajstić information content (AvgIpc) is 2.69. The van der Waals surface area contributed by atoms with Crippen LogP contribution < -0.4 is 0 Å². The molecule has 0 aromatic heterocycles. The largest absolute Gasteiger partial charge is 0.466 e. The van der Waals surface area contributed by atoms with Crippen LogP contribution in [-0.4, -0.2) is 49.8 Å². The SMILES string of the molecule is CCOC(=O)C1(C[C@@H]2CCCCO2)CCN(CCc2ccccc2)CC1. The maximum absolute atomic E-state index is 12.8. The van der Waals surface area contributed by atoms with Gasteiger partial charge in [0.25, 0.3) is 0 Å². The topological polar surface area (TPSA) is 38.8 Å². The molecule has 3 rings (SSSR count). The number of hydrogen-bond donors (Lipinski definition) is 0. The molecule has 2 heterocycles. The molecule has 0 saturated carbocycles. The maximum atomic E-state index is 12.8. The van der Waals surface area contributed by atoms with E-state index in [1.54, 1.807) is 0 Å². The van der Waals surface area contributed by atoms with Gasteiger partial charge in [0.2, 0.25) is 0 Å². The number of ether oxygens (including phenoxy) is 2. The Hall–Kier alpha value is -1.39. The second kappa shape index (κ2) is 9.52. The summed E-state index contributed by atoms with van der Waals surface area (Å²) in [5, 5.41) is 0. The number of rotatable bonds is 7. The number of piperidine rings is 1. The highest BCUT2D eigenvalue weighted by Crippen LogP contribution is 2.39. The standard InChI is InChI=1S/C22H33NO3/c1-2-25-21(24)22(18-20-10-6-7-17-26-20)12-15-23(16-13-22)14-11-19-8-4-3-5-9-19/h3-5,8-9,20H,2,6-7,10-18H2,1H3/t20-/m0/s1. The first-order valence-corrected chi connectivity index (χ1v) is 10.3. The molecule has 2 saturated heterocycles. The first-order valence-electron chi connectivity index (χ1n) is 10.3. The van der Waals surface area contributed by atoms with Gasteiger partial charge in [-0.15, -0.1) is 0 Å². The van der Waals surface area contributed by atoms with Crippen LogP contribution in [-0.2, 0) is 20.7 Å². The molecular formula is C22H33NO3. The smallest absolute Gasteiger partial charge is 0.312 e. The van der Waals surface area contributed by atoms with Crippen LogP contribution >= 0.6 is 0 Å². The molecule has 0 bridgehead atoms. The van der Waals surface area contributed by atoms with Gasteiger partial charge in [-0.2, -0.15) is 0 Å². The molecular weight excluding hydrogens is 326 g/mol. The van der Waals surface area contributed by atoms with Crippen LogP contribution in [0.25, 0.3) is 0 Å². The predicted octanol–water partition coefficient (Wildman–Crippen LogP) is 3.83. The third-order valence-corrected chi connectivity index (χ3v) is 5.97. The van der Waals surface area contributed by atoms with Gasteiger partial charge in [-0.3, -0.25) is 4.79 Å². The number of likely N-dealkylation sites (tertiary alicyclic amines) is 1. The van der Waals surface area contributed by atoms with Crippen LogP contribution in [0, 0.1) is 5.41 Å². The minimum absolute atomic E-state index is 0.00289. The number of hydrogen-bond acceptors (Lipinski definition) is 4. The highest BCUT2D eigenvalue weighted by atomic mass is 16.5.